The van der Waals surface area contributed by atoms with Gasteiger partial charge in [-0.3, -0.25) is 0 Å². The first kappa shape index (κ1) is 24.8. The summed E-state index contributed by atoms with van der Waals surface area (Å²) in [7, 11) is -1.22. The van der Waals surface area contributed by atoms with Crippen LogP contribution >= 0.6 is 0 Å². The summed E-state index contributed by atoms with van der Waals surface area (Å²) in [6.07, 6.45) is 0. The molecule has 0 N–H and O–H groups in total. The SMILES string of the molecule is O=S(c1ccccc1)c1ccc(N2c3cccc[c]3[Ge]([c]3ccccc3)([c]3ccccc3)[c]3ccccc32)cc1. The standard InChI is InChI=1S/C36H27GeNOS/c39-40(31-18-8-3-9-19-31)32-26-24-30(25-27-32)38-35-22-12-10-20-33(35)37(28-14-4-1-5-15-28,29-16-6-2-7-17-29)34-21-11-13-23-36(34)38/h1-27H. The van der Waals surface area contributed by atoms with E-state index in [1.807, 2.05) is 42.5 Å². The number of hydrogen-bond donors (Lipinski definition) is 0. The van der Waals surface area contributed by atoms with Crippen molar-refractivity contribution in [2.24, 2.45) is 0 Å². The van der Waals surface area contributed by atoms with Gasteiger partial charge in [0, 0.05) is 0 Å². The molecule has 40 heavy (non-hydrogen) atoms. The third-order valence-corrected chi connectivity index (χ3v) is 19.4. The van der Waals surface area contributed by atoms with Crippen molar-refractivity contribution in [2.45, 2.75) is 9.79 Å². The van der Waals surface area contributed by atoms with Crippen molar-refractivity contribution in [1.82, 2.24) is 0 Å². The number of para-hydroxylation sites is 2. The molecule has 0 aromatic heterocycles. The summed E-state index contributed by atoms with van der Waals surface area (Å²) < 4.78 is 18.9. The second-order valence-electron chi connectivity index (χ2n) is 9.93. The van der Waals surface area contributed by atoms with Crippen molar-refractivity contribution in [3.63, 3.8) is 0 Å². The van der Waals surface area contributed by atoms with E-state index in [1.165, 1.54) is 29.0 Å². The first-order valence-corrected chi connectivity index (χ1v) is 18.8. The third-order valence-electron chi connectivity index (χ3n) is 7.78. The minimum atomic E-state index is -3.36. The number of hydrogen-bond acceptors (Lipinski definition) is 2. The van der Waals surface area contributed by atoms with E-state index in [0.717, 1.165) is 15.5 Å². The van der Waals surface area contributed by atoms with Crippen molar-refractivity contribution in [2.75, 3.05) is 4.90 Å². The number of benzene rings is 6. The van der Waals surface area contributed by atoms with E-state index in [9.17, 15) is 4.21 Å². The minimum absolute atomic E-state index is 0.800. The van der Waals surface area contributed by atoms with Crippen molar-refractivity contribution in [1.29, 1.82) is 0 Å². The van der Waals surface area contributed by atoms with Crippen molar-refractivity contribution < 1.29 is 4.21 Å². The molecule has 0 fully saturated rings. The third kappa shape index (κ3) is 3.97. The first-order valence-electron chi connectivity index (χ1n) is 13.5. The van der Waals surface area contributed by atoms with Gasteiger partial charge >= 0.3 is 241 Å². The molecule has 192 valence electrons. The van der Waals surface area contributed by atoms with Crippen LogP contribution in [0.5, 0.6) is 0 Å². The second-order valence-corrected chi connectivity index (χ2v) is 19.2. The Morgan fingerprint density at radius 3 is 1.32 bits per heavy atom. The molecule has 0 saturated heterocycles. The molecule has 7 rings (SSSR count). The van der Waals surface area contributed by atoms with E-state index in [4.69, 9.17) is 0 Å². The summed E-state index contributed by atoms with van der Waals surface area (Å²) >= 11 is -3.36. The van der Waals surface area contributed by atoms with Crippen LogP contribution in [0, 0.1) is 0 Å². The van der Waals surface area contributed by atoms with Crippen LogP contribution in [-0.2, 0) is 10.8 Å². The molecular formula is C36H27GeNOS. The fraction of sp³-hybridized carbons (Fsp3) is 0. The van der Waals surface area contributed by atoms with Crippen LogP contribution in [0.15, 0.2) is 174 Å². The zero-order valence-corrected chi connectivity index (χ0v) is 24.8. The van der Waals surface area contributed by atoms with Gasteiger partial charge in [0.15, 0.2) is 0 Å². The van der Waals surface area contributed by atoms with Gasteiger partial charge in [0.2, 0.25) is 0 Å². The Labute approximate surface area is 240 Å². The second kappa shape index (κ2) is 10.4. The van der Waals surface area contributed by atoms with Gasteiger partial charge in [-0.1, -0.05) is 0 Å². The van der Waals surface area contributed by atoms with Gasteiger partial charge in [0.1, 0.15) is 0 Å². The summed E-state index contributed by atoms with van der Waals surface area (Å²) in [5, 5.41) is 0. The quantitative estimate of drug-likeness (QED) is 0.228. The number of anilines is 3. The zero-order chi connectivity index (χ0) is 26.9. The van der Waals surface area contributed by atoms with Gasteiger partial charge < -0.3 is 0 Å². The fourth-order valence-electron chi connectivity index (χ4n) is 6.09. The first-order chi connectivity index (χ1) is 19.8. The summed E-state index contributed by atoms with van der Waals surface area (Å²) in [6.45, 7) is 0. The topological polar surface area (TPSA) is 20.3 Å². The fourth-order valence-corrected chi connectivity index (χ4v) is 17.9. The molecule has 0 amide bonds. The van der Waals surface area contributed by atoms with Gasteiger partial charge in [-0.05, 0) is 0 Å². The summed E-state index contributed by atoms with van der Waals surface area (Å²) in [4.78, 5) is 4.00. The Bertz CT molecular complexity index is 1720. The summed E-state index contributed by atoms with van der Waals surface area (Å²) in [5.41, 5.74) is 3.49. The molecule has 4 heteroatoms. The van der Waals surface area contributed by atoms with E-state index < -0.39 is 24.1 Å². The average Bonchev–Trinajstić information content (AvgIpc) is 3.04. The molecule has 0 spiro atoms. The molecule has 0 aliphatic carbocycles. The zero-order valence-electron chi connectivity index (χ0n) is 21.9. The molecule has 1 aliphatic rings. The molecule has 1 heterocycles. The molecule has 1 aliphatic heterocycles. The number of nitrogens with zero attached hydrogens (tertiary/aromatic N) is 1. The normalized spacial score (nSPS) is 14.2. The maximum absolute atomic E-state index is 13.2. The van der Waals surface area contributed by atoms with E-state index in [2.05, 4.69) is 126 Å². The monoisotopic (exact) mass is 595 g/mol. The van der Waals surface area contributed by atoms with Crippen LogP contribution < -0.4 is 22.5 Å². The van der Waals surface area contributed by atoms with E-state index >= 15 is 0 Å². The van der Waals surface area contributed by atoms with Crippen molar-refractivity contribution in [3.8, 4) is 0 Å². The predicted octanol–water partition coefficient (Wildman–Crippen LogP) is 6.01. The van der Waals surface area contributed by atoms with E-state index in [1.54, 1.807) is 0 Å². The summed E-state index contributed by atoms with van der Waals surface area (Å²) in [6, 6.07) is 57.9. The van der Waals surface area contributed by atoms with Crippen LogP contribution in [0.3, 0.4) is 0 Å². The van der Waals surface area contributed by atoms with Crippen LogP contribution in [0.1, 0.15) is 0 Å². The van der Waals surface area contributed by atoms with Crippen LogP contribution in [0.25, 0.3) is 0 Å². The van der Waals surface area contributed by atoms with Gasteiger partial charge in [-0.2, -0.15) is 0 Å². The predicted molar refractivity (Wildman–Crippen MR) is 169 cm³/mol. The number of rotatable bonds is 5. The van der Waals surface area contributed by atoms with E-state index in [-0.39, 0.29) is 0 Å². The van der Waals surface area contributed by atoms with Gasteiger partial charge in [-0.15, -0.1) is 0 Å². The molecular weight excluding hydrogens is 567 g/mol. The van der Waals surface area contributed by atoms with Crippen LogP contribution in [0.2, 0.25) is 0 Å². The Balaban J connectivity index is 1.45. The molecule has 1 atom stereocenters. The Morgan fingerprint density at radius 1 is 0.425 bits per heavy atom. The Hall–Kier alpha value is -4.19. The molecule has 0 bridgehead atoms. The molecule has 0 saturated carbocycles. The molecule has 0 radical (unpaired) electrons. The summed E-state index contributed by atoms with van der Waals surface area (Å²) in [5.74, 6) is 0. The molecule has 1 unspecified atom stereocenters. The Morgan fingerprint density at radius 2 is 0.825 bits per heavy atom. The number of fused-ring (bicyclic) bond motifs is 2. The average molecular weight is 594 g/mol. The van der Waals surface area contributed by atoms with Crippen molar-refractivity contribution in [3.05, 3.63) is 164 Å². The molecule has 6 aromatic rings. The maximum atomic E-state index is 13.2. The Kier molecular flexibility index (Phi) is 6.47. The molecule has 2 nitrogen and oxygen atoms in total. The van der Waals surface area contributed by atoms with Crippen LogP contribution in [-0.4, -0.2) is 17.5 Å². The van der Waals surface area contributed by atoms with E-state index in [0.29, 0.717) is 0 Å². The molecule has 6 aromatic carbocycles. The van der Waals surface area contributed by atoms with Gasteiger partial charge in [0.05, 0.1) is 0 Å². The van der Waals surface area contributed by atoms with Crippen LogP contribution in [0.4, 0.5) is 17.1 Å². The van der Waals surface area contributed by atoms with Gasteiger partial charge in [-0.25, -0.2) is 0 Å². The van der Waals surface area contributed by atoms with Crippen molar-refractivity contribution >= 4 is 58.7 Å². The van der Waals surface area contributed by atoms with Gasteiger partial charge in [0.25, 0.3) is 0 Å².